The van der Waals surface area contributed by atoms with Crippen LogP contribution in [0.2, 0.25) is 0 Å². The van der Waals surface area contributed by atoms with Gasteiger partial charge in [0, 0.05) is 12.4 Å². The largest absolute Gasteiger partial charge is 0.478 e. The Balaban J connectivity index is 2.44. The fraction of sp³-hybridized carbons (Fsp3) is 0.692. The number of rotatable bonds is 8. The van der Waals surface area contributed by atoms with Gasteiger partial charge in [0.2, 0.25) is 5.88 Å². The fourth-order valence-corrected chi connectivity index (χ4v) is 1.78. The van der Waals surface area contributed by atoms with Crippen molar-refractivity contribution in [1.29, 1.82) is 0 Å². The summed E-state index contributed by atoms with van der Waals surface area (Å²) >= 11 is 5.77. The number of alkyl halides is 1. The molecule has 1 heterocycles. The van der Waals surface area contributed by atoms with Gasteiger partial charge in [0.15, 0.2) is 0 Å². The Labute approximate surface area is 114 Å². The van der Waals surface area contributed by atoms with Crippen LogP contribution in [0.4, 0.5) is 5.82 Å². The van der Waals surface area contributed by atoms with Crippen LogP contribution >= 0.6 is 11.6 Å². The van der Waals surface area contributed by atoms with E-state index in [1.165, 1.54) is 6.33 Å². The van der Waals surface area contributed by atoms with Crippen LogP contribution in [0.25, 0.3) is 0 Å². The van der Waals surface area contributed by atoms with Crippen LogP contribution in [0.15, 0.2) is 6.33 Å². The summed E-state index contributed by atoms with van der Waals surface area (Å²) in [5.74, 6) is 2.80. The molecule has 0 fully saturated rings. The lowest BCUT2D eigenvalue weighted by atomic mass is 10.1. The first kappa shape index (κ1) is 15.0. The minimum absolute atomic E-state index is 0.568. The van der Waals surface area contributed by atoms with E-state index in [1.54, 1.807) is 0 Å². The van der Waals surface area contributed by atoms with Crippen molar-refractivity contribution in [3.05, 3.63) is 11.9 Å². The number of nitrogens with one attached hydrogen (secondary N) is 1. The van der Waals surface area contributed by atoms with Crippen molar-refractivity contribution >= 4 is 17.4 Å². The van der Waals surface area contributed by atoms with Crippen LogP contribution in [0.3, 0.4) is 0 Å². The van der Waals surface area contributed by atoms with Gasteiger partial charge >= 0.3 is 0 Å². The third-order valence-electron chi connectivity index (χ3n) is 2.75. The molecule has 1 aromatic heterocycles. The highest BCUT2D eigenvalue weighted by molar-refractivity contribution is 6.18. The van der Waals surface area contributed by atoms with E-state index >= 15 is 0 Å². The average Bonchev–Trinajstić information content (AvgIpc) is 2.38. The third kappa shape index (κ3) is 4.69. The van der Waals surface area contributed by atoms with Crippen molar-refractivity contribution < 1.29 is 4.74 Å². The molecule has 0 spiro atoms. The third-order valence-corrected chi connectivity index (χ3v) is 3.28. The molecule has 1 unspecified atom stereocenters. The molecule has 5 heteroatoms. The lowest BCUT2D eigenvalue weighted by Gasteiger charge is -2.12. The molecule has 1 rings (SSSR count). The van der Waals surface area contributed by atoms with Crippen molar-refractivity contribution in [3.8, 4) is 5.88 Å². The molecule has 0 aromatic carbocycles. The lowest BCUT2D eigenvalue weighted by molar-refractivity contribution is 0.324. The standard InChI is InChI=1S/C13H22ClN3O/c1-4-18-13-11(3)12(16-9-17-13)15-7-5-6-10(2)8-14/h9-10H,4-8H2,1-3H3,(H,15,16,17). The molecule has 102 valence electrons. The van der Waals surface area contributed by atoms with Crippen LogP contribution in [0.5, 0.6) is 5.88 Å². The van der Waals surface area contributed by atoms with Gasteiger partial charge in [0.25, 0.3) is 0 Å². The molecule has 0 radical (unpaired) electrons. The molecule has 0 aliphatic heterocycles. The van der Waals surface area contributed by atoms with E-state index in [9.17, 15) is 0 Å². The average molecular weight is 272 g/mol. The molecular formula is C13H22ClN3O. The molecular weight excluding hydrogens is 250 g/mol. The SMILES string of the molecule is CCOc1ncnc(NCCCC(C)CCl)c1C. The Morgan fingerprint density at radius 2 is 2.22 bits per heavy atom. The number of aromatic nitrogens is 2. The monoisotopic (exact) mass is 271 g/mol. The normalized spacial score (nSPS) is 12.2. The molecule has 0 saturated heterocycles. The van der Waals surface area contributed by atoms with Crippen LogP contribution in [-0.2, 0) is 0 Å². The summed E-state index contributed by atoms with van der Waals surface area (Å²) in [5.41, 5.74) is 0.963. The molecule has 0 aliphatic rings. The molecule has 1 N–H and O–H groups in total. The second kappa shape index (κ2) is 8.14. The maximum atomic E-state index is 5.77. The van der Waals surface area contributed by atoms with Gasteiger partial charge in [-0.25, -0.2) is 9.97 Å². The van der Waals surface area contributed by atoms with Gasteiger partial charge in [-0.3, -0.25) is 0 Å². The molecule has 0 saturated carbocycles. The molecule has 4 nitrogen and oxygen atoms in total. The van der Waals surface area contributed by atoms with E-state index in [1.807, 2.05) is 13.8 Å². The number of nitrogens with zero attached hydrogens (tertiary/aromatic N) is 2. The summed E-state index contributed by atoms with van der Waals surface area (Å²) in [7, 11) is 0. The highest BCUT2D eigenvalue weighted by Crippen LogP contribution is 2.20. The van der Waals surface area contributed by atoms with Crippen molar-refractivity contribution in [2.75, 3.05) is 24.3 Å². The zero-order valence-electron chi connectivity index (χ0n) is 11.4. The Kier molecular flexibility index (Phi) is 6.80. The quantitative estimate of drug-likeness (QED) is 0.582. The number of anilines is 1. The molecule has 0 aliphatic carbocycles. The van der Waals surface area contributed by atoms with Gasteiger partial charge in [-0.2, -0.15) is 0 Å². The molecule has 0 amide bonds. The topological polar surface area (TPSA) is 47.0 Å². The van der Waals surface area contributed by atoms with Crippen molar-refractivity contribution in [2.24, 2.45) is 5.92 Å². The maximum absolute atomic E-state index is 5.77. The predicted octanol–water partition coefficient (Wildman–Crippen LogP) is 3.25. The van der Waals surface area contributed by atoms with E-state index in [4.69, 9.17) is 16.3 Å². The Hall–Kier alpha value is -1.03. The van der Waals surface area contributed by atoms with Crippen LogP contribution in [0, 0.1) is 12.8 Å². The van der Waals surface area contributed by atoms with Gasteiger partial charge in [0.1, 0.15) is 12.1 Å². The van der Waals surface area contributed by atoms with E-state index < -0.39 is 0 Å². The van der Waals surface area contributed by atoms with Gasteiger partial charge in [-0.05, 0) is 32.6 Å². The van der Waals surface area contributed by atoms with E-state index in [0.717, 1.165) is 36.6 Å². The van der Waals surface area contributed by atoms with E-state index in [-0.39, 0.29) is 0 Å². The minimum Gasteiger partial charge on any atom is -0.478 e. The summed E-state index contributed by atoms with van der Waals surface area (Å²) in [5, 5.41) is 3.32. The van der Waals surface area contributed by atoms with Crippen molar-refractivity contribution in [2.45, 2.75) is 33.6 Å². The van der Waals surface area contributed by atoms with Gasteiger partial charge in [0.05, 0.1) is 12.2 Å². The minimum atomic E-state index is 0.568. The molecule has 0 bridgehead atoms. The van der Waals surface area contributed by atoms with Crippen LogP contribution < -0.4 is 10.1 Å². The lowest BCUT2D eigenvalue weighted by Crippen LogP contribution is -2.09. The Bertz CT molecular complexity index is 360. The first-order valence-corrected chi connectivity index (χ1v) is 6.96. The number of hydrogen-bond acceptors (Lipinski definition) is 4. The summed E-state index contributed by atoms with van der Waals surface area (Å²) in [6.07, 6.45) is 3.74. The first-order chi connectivity index (χ1) is 8.69. The smallest absolute Gasteiger partial charge is 0.221 e. The summed E-state index contributed by atoms with van der Waals surface area (Å²) in [4.78, 5) is 8.34. The molecule has 1 aromatic rings. The van der Waals surface area contributed by atoms with Gasteiger partial charge in [-0.15, -0.1) is 11.6 Å². The van der Waals surface area contributed by atoms with Gasteiger partial charge < -0.3 is 10.1 Å². The summed E-state index contributed by atoms with van der Waals surface area (Å²) in [6.45, 7) is 7.59. The summed E-state index contributed by atoms with van der Waals surface area (Å²) < 4.78 is 5.43. The zero-order valence-corrected chi connectivity index (χ0v) is 12.1. The van der Waals surface area contributed by atoms with Crippen molar-refractivity contribution in [3.63, 3.8) is 0 Å². The van der Waals surface area contributed by atoms with E-state index in [0.29, 0.717) is 18.4 Å². The molecule has 18 heavy (non-hydrogen) atoms. The Morgan fingerprint density at radius 3 is 2.89 bits per heavy atom. The number of hydrogen-bond donors (Lipinski definition) is 1. The van der Waals surface area contributed by atoms with Crippen LogP contribution in [-0.4, -0.2) is 29.0 Å². The first-order valence-electron chi connectivity index (χ1n) is 6.43. The summed E-state index contributed by atoms with van der Waals surface area (Å²) in [6, 6.07) is 0. The fourth-order valence-electron chi connectivity index (χ4n) is 1.63. The van der Waals surface area contributed by atoms with Crippen molar-refractivity contribution in [1.82, 2.24) is 9.97 Å². The van der Waals surface area contributed by atoms with E-state index in [2.05, 4.69) is 22.2 Å². The maximum Gasteiger partial charge on any atom is 0.221 e. The highest BCUT2D eigenvalue weighted by Gasteiger charge is 2.07. The zero-order chi connectivity index (χ0) is 13.4. The Morgan fingerprint density at radius 1 is 1.44 bits per heavy atom. The second-order valence-corrected chi connectivity index (χ2v) is 4.72. The molecule has 1 atom stereocenters. The van der Waals surface area contributed by atoms with Crippen LogP contribution in [0.1, 0.15) is 32.3 Å². The highest BCUT2D eigenvalue weighted by atomic mass is 35.5. The van der Waals surface area contributed by atoms with Gasteiger partial charge in [-0.1, -0.05) is 6.92 Å². The number of ether oxygens (including phenoxy) is 1. The predicted molar refractivity (Wildman–Crippen MR) is 75.5 cm³/mol. The second-order valence-electron chi connectivity index (χ2n) is 4.41. The number of halogens is 1.